The van der Waals surface area contributed by atoms with Crippen molar-refractivity contribution in [3.05, 3.63) is 34.3 Å². The summed E-state index contributed by atoms with van der Waals surface area (Å²) < 4.78 is 1.00. The number of hydrogen-bond acceptors (Lipinski definition) is 1. The zero-order chi connectivity index (χ0) is 13.6. The molecule has 0 radical (unpaired) electrons. The third-order valence-electron chi connectivity index (χ3n) is 3.63. The summed E-state index contributed by atoms with van der Waals surface area (Å²) in [5, 5.41) is 9.59. The maximum absolute atomic E-state index is 11.7. The minimum absolute atomic E-state index is 0.597. The van der Waals surface area contributed by atoms with E-state index >= 15 is 0 Å². The Morgan fingerprint density at radius 1 is 1.33 bits per heavy atom. The summed E-state index contributed by atoms with van der Waals surface area (Å²) >= 11 is 3.50. The normalized spacial score (nSPS) is 14.2. The van der Waals surface area contributed by atoms with E-state index in [-0.39, 0.29) is 0 Å². The molecule has 0 aliphatic carbocycles. The van der Waals surface area contributed by atoms with Crippen molar-refractivity contribution in [2.45, 2.75) is 46.0 Å². The van der Waals surface area contributed by atoms with Crippen LogP contribution in [-0.4, -0.2) is 11.1 Å². The first-order chi connectivity index (χ1) is 8.55. The Labute approximate surface area is 118 Å². The number of aliphatic carboxylic acids is 1. The van der Waals surface area contributed by atoms with Crippen molar-refractivity contribution in [2.75, 3.05) is 0 Å². The number of carboxylic acids is 1. The Hall–Kier alpha value is -0.830. The topological polar surface area (TPSA) is 37.3 Å². The summed E-state index contributed by atoms with van der Waals surface area (Å²) in [6, 6.07) is 7.89. The molecule has 0 amide bonds. The SMILES string of the molecule is CCCCC(CC)(Cc1ccccc1Br)C(=O)O. The van der Waals surface area contributed by atoms with Crippen molar-refractivity contribution in [3.63, 3.8) is 0 Å². The molecule has 1 aromatic rings. The highest BCUT2D eigenvalue weighted by molar-refractivity contribution is 9.10. The van der Waals surface area contributed by atoms with Crippen LogP contribution < -0.4 is 0 Å². The molecule has 1 atom stereocenters. The van der Waals surface area contributed by atoms with Crippen LogP contribution in [0.4, 0.5) is 0 Å². The van der Waals surface area contributed by atoms with Gasteiger partial charge in [-0.15, -0.1) is 0 Å². The number of benzene rings is 1. The number of unbranched alkanes of at least 4 members (excludes halogenated alkanes) is 1. The Morgan fingerprint density at radius 2 is 2.00 bits per heavy atom. The van der Waals surface area contributed by atoms with E-state index in [9.17, 15) is 9.90 Å². The van der Waals surface area contributed by atoms with Gasteiger partial charge in [0.25, 0.3) is 0 Å². The molecule has 0 aliphatic heterocycles. The van der Waals surface area contributed by atoms with E-state index in [0.717, 1.165) is 29.3 Å². The molecule has 2 nitrogen and oxygen atoms in total. The van der Waals surface area contributed by atoms with Crippen molar-refractivity contribution >= 4 is 21.9 Å². The summed E-state index contributed by atoms with van der Waals surface area (Å²) in [5.41, 5.74) is 0.456. The van der Waals surface area contributed by atoms with Gasteiger partial charge in [-0.2, -0.15) is 0 Å². The third kappa shape index (κ3) is 3.58. The Morgan fingerprint density at radius 3 is 2.50 bits per heavy atom. The molecule has 0 saturated carbocycles. The van der Waals surface area contributed by atoms with Crippen molar-refractivity contribution in [3.8, 4) is 0 Å². The largest absolute Gasteiger partial charge is 0.481 e. The van der Waals surface area contributed by atoms with Gasteiger partial charge >= 0.3 is 5.97 Å². The predicted octanol–water partition coefficient (Wildman–Crippen LogP) is 4.66. The molecule has 0 bridgehead atoms. The van der Waals surface area contributed by atoms with E-state index < -0.39 is 11.4 Å². The minimum atomic E-state index is -0.672. The van der Waals surface area contributed by atoms with Crippen LogP contribution in [0, 0.1) is 5.41 Å². The molecule has 1 aromatic carbocycles. The maximum Gasteiger partial charge on any atom is 0.309 e. The molecule has 1 N–H and O–H groups in total. The van der Waals surface area contributed by atoms with Crippen LogP contribution in [0.15, 0.2) is 28.7 Å². The lowest BCUT2D eigenvalue weighted by atomic mass is 9.75. The molecule has 100 valence electrons. The molecule has 0 aromatic heterocycles. The molecule has 18 heavy (non-hydrogen) atoms. The van der Waals surface area contributed by atoms with Crippen molar-refractivity contribution in [2.24, 2.45) is 5.41 Å². The third-order valence-corrected chi connectivity index (χ3v) is 4.40. The van der Waals surface area contributed by atoms with Gasteiger partial charge in [0.05, 0.1) is 5.41 Å². The molecule has 1 rings (SSSR count). The van der Waals surface area contributed by atoms with Gasteiger partial charge in [0.1, 0.15) is 0 Å². The van der Waals surface area contributed by atoms with E-state index in [1.54, 1.807) is 0 Å². The van der Waals surface area contributed by atoms with Crippen molar-refractivity contribution < 1.29 is 9.90 Å². The lowest BCUT2D eigenvalue weighted by Gasteiger charge is -2.28. The number of rotatable bonds is 7. The Bertz CT molecular complexity index is 403. The summed E-state index contributed by atoms with van der Waals surface area (Å²) in [4.78, 5) is 11.7. The second-order valence-electron chi connectivity index (χ2n) is 4.81. The highest BCUT2D eigenvalue weighted by Crippen LogP contribution is 2.35. The van der Waals surface area contributed by atoms with Crippen LogP contribution >= 0.6 is 15.9 Å². The first-order valence-corrected chi connectivity index (χ1v) is 7.32. The van der Waals surface area contributed by atoms with Crippen LogP contribution in [0.5, 0.6) is 0 Å². The Balaban J connectivity index is 2.97. The average molecular weight is 313 g/mol. The molecule has 0 spiro atoms. The molecule has 1 unspecified atom stereocenters. The lowest BCUT2D eigenvalue weighted by Crippen LogP contribution is -2.33. The first-order valence-electron chi connectivity index (χ1n) is 6.52. The fourth-order valence-corrected chi connectivity index (χ4v) is 2.67. The number of halogens is 1. The van der Waals surface area contributed by atoms with Gasteiger partial charge < -0.3 is 5.11 Å². The summed E-state index contributed by atoms with van der Waals surface area (Å²) in [7, 11) is 0. The predicted molar refractivity (Wildman–Crippen MR) is 77.7 cm³/mol. The van der Waals surface area contributed by atoms with E-state index in [1.807, 2.05) is 31.2 Å². The molecule has 0 fully saturated rings. The van der Waals surface area contributed by atoms with Gasteiger partial charge in [-0.3, -0.25) is 4.79 Å². The summed E-state index contributed by atoms with van der Waals surface area (Å²) in [6.07, 6.45) is 4.01. The monoisotopic (exact) mass is 312 g/mol. The lowest BCUT2D eigenvalue weighted by molar-refractivity contribution is -0.149. The molecule has 0 heterocycles. The molecular weight excluding hydrogens is 292 g/mol. The molecule has 3 heteroatoms. The number of carbonyl (C=O) groups is 1. The van der Waals surface area contributed by atoms with Crippen LogP contribution in [-0.2, 0) is 11.2 Å². The molecule has 0 saturated heterocycles. The maximum atomic E-state index is 11.7. The smallest absolute Gasteiger partial charge is 0.309 e. The molecular formula is C15H21BrO2. The average Bonchev–Trinajstić information content (AvgIpc) is 2.36. The number of hydrogen-bond donors (Lipinski definition) is 1. The second-order valence-corrected chi connectivity index (χ2v) is 5.67. The van der Waals surface area contributed by atoms with Gasteiger partial charge in [-0.1, -0.05) is 60.8 Å². The van der Waals surface area contributed by atoms with Crippen molar-refractivity contribution in [1.29, 1.82) is 0 Å². The summed E-state index contributed by atoms with van der Waals surface area (Å²) in [5.74, 6) is -0.672. The van der Waals surface area contributed by atoms with Gasteiger partial charge in [-0.25, -0.2) is 0 Å². The van der Waals surface area contributed by atoms with Gasteiger partial charge in [0.2, 0.25) is 0 Å². The zero-order valence-electron chi connectivity index (χ0n) is 11.1. The Kier molecular flexibility index (Phi) is 5.86. The van der Waals surface area contributed by atoms with Gasteiger partial charge in [0, 0.05) is 4.47 Å². The molecule has 0 aliphatic rings. The van der Waals surface area contributed by atoms with Crippen LogP contribution in [0.2, 0.25) is 0 Å². The standard InChI is InChI=1S/C15H21BrO2/c1-3-5-10-15(4-2,14(17)18)11-12-8-6-7-9-13(12)16/h6-9H,3-5,10-11H2,1-2H3,(H,17,18). The number of carboxylic acid groups (broad SMARTS) is 1. The van der Waals surface area contributed by atoms with E-state index in [1.165, 1.54) is 0 Å². The van der Waals surface area contributed by atoms with Gasteiger partial charge in [-0.05, 0) is 30.9 Å². The van der Waals surface area contributed by atoms with E-state index in [0.29, 0.717) is 12.8 Å². The second kappa shape index (κ2) is 6.93. The summed E-state index contributed by atoms with van der Waals surface area (Å²) in [6.45, 7) is 4.07. The minimum Gasteiger partial charge on any atom is -0.481 e. The zero-order valence-corrected chi connectivity index (χ0v) is 12.7. The fraction of sp³-hybridized carbons (Fsp3) is 0.533. The highest BCUT2D eigenvalue weighted by Gasteiger charge is 2.36. The van der Waals surface area contributed by atoms with Crippen LogP contribution in [0.3, 0.4) is 0 Å². The van der Waals surface area contributed by atoms with Crippen molar-refractivity contribution in [1.82, 2.24) is 0 Å². The van der Waals surface area contributed by atoms with E-state index in [2.05, 4.69) is 22.9 Å². The van der Waals surface area contributed by atoms with Gasteiger partial charge in [0.15, 0.2) is 0 Å². The first kappa shape index (κ1) is 15.2. The fourth-order valence-electron chi connectivity index (χ4n) is 2.25. The van der Waals surface area contributed by atoms with E-state index in [4.69, 9.17) is 0 Å². The highest BCUT2D eigenvalue weighted by atomic mass is 79.9. The quantitative estimate of drug-likeness (QED) is 0.794. The van der Waals surface area contributed by atoms with Crippen LogP contribution in [0.25, 0.3) is 0 Å². The van der Waals surface area contributed by atoms with Crippen LogP contribution in [0.1, 0.15) is 45.1 Å².